The number of carboxylic acid groups (broad SMARTS) is 1. The van der Waals surface area contributed by atoms with E-state index in [1.807, 2.05) is 26.3 Å². The van der Waals surface area contributed by atoms with Gasteiger partial charge in [0.15, 0.2) is 0 Å². The van der Waals surface area contributed by atoms with Crippen LogP contribution in [-0.4, -0.2) is 16.1 Å². The summed E-state index contributed by atoms with van der Waals surface area (Å²) in [4.78, 5) is 16.7. The second-order valence-electron chi connectivity index (χ2n) is 4.15. The zero-order valence-electron chi connectivity index (χ0n) is 10.1. The summed E-state index contributed by atoms with van der Waals surface area (Å²) in [6.45, 7) is 5.89. The van der Waals surface area contributed by atoms with Gasteiger partial charge in [0, 0.05) is 4.88 Å². The van der Waals surface area contributed by atoms with Crippen LogP contribution in [0.25, 0.3) is 0 Å². The third-order valence-electron chi connectivity index (χ3n) is 3.48. The lowest BCUT2D eigenvalue weighted by atomic mass is 9.78. The van der Waals surface area contributed by atoms with Gasteiger partial charge in [0.25, 0.3) is 0 Å². The fourth-order valence-corrected chi connectivity index (χ4v) is 2.71. The average molecular weight is 241 g/mol. The van der Waals surface area contributed by atoms with E-state index in [-0.39, 0.29) is 0 Å². The molecule has 0 amide bonds. The standard InChI is InChI=1S/C12H19NO2S/c1-4-12(5-2,11(14)15)7-6-10-9(3)13-8-16-10/h8H,4-7H2,1-3H3,(H,14,15). The van der Waals surface area contributed by atoms with Crippen molar-refractivity contribution in [2.24, 2.45) is 5.41 Å². The van der Waals surface area contributed by atoms with Crippen LogP contribution in [0.5, 0.6) is 0 Å². The molecule has 90 valence electrons. The molecular weight excluding hydrogens is 222 g/mol. The van der Waals surface area contributed by atoms with Gasteiger partial charge in [-0.05, 0) is 32.6 Å². The molecule has 4 heteroatoms. The molecule has 0 aromatic carbocycles. The number of nitrogens with zero attached hydrogens (tertiary/aromatic N) is 1. The van der Waals surface area contributed by atoms with Crippen molar-refractivity contribution in [1.29, 1.82) is 0 Å². The summed E-state index contributed by atoms with van der Waals surface area (Å²) in [6.07, 6.45) is 2.91. The number of thiazole rings is 1. The molecule has 0 fully saturated rings. The van der Waals surface area contributed by atoms with Gasteiger partial charge in [-0.25, -0.2) is 4.98 Å². The molecule has 0 aliphatic rings. The summed E-state index contributed by atoms with van der Waals surface area (Å²) < 4.78 is 0. The molecule has 0 spiro atoms. The van der Waals surface area contributed by atoms with Crippen molar-refractivity contribution in [3.63, 3.8) is 0 Å². The van der Waals surface area contributed by atoms with Crippen molar-refractivity contribution in [2.75, 3.05) is 0 Å². The molecule has 1 rings (SSSR count). The lowest BCUT2D eigenvalue weighted by Crippen LogP contribution is -2.30. The van der Waals surface area contributed by atoms with E-state index in [2.05, 4.69) is 4.98 Å². The maximum Gasteiger partial charge on any atom is 0.309 e. The number of rotatable bonds is 6. The van der Waals surface area contributed by atoms with Gasteiger partial charge in [-0.3, -0.25) is 4.79 Å². The second kappa shape index (κ2) is 5.43. The number of aryl methyl sites for hydroxylation is 2. The van der Waals surface area contributed by atoms with Gasteiger partial charge >= 0.3 is 5.97 Å². The summed E-state index contributed by atoms with van der Waals surface area (Å²) in [5.41, 5.74) is 2.30. The minimum atomic E-state index is -0.667. The van der Waals surface area contributed by atoms with Crippen LogP contribution in [0.15, 0.2) is 5.51 Å². The maximum absolute atomic E-state index is 11.3. The molecule has 0 aliphatic carbocycles. The molecule has 0 bridgehead atoms. The molecule has 0 aliphatic heterocycles. The fraction of sp³-hybridized carbons (Fsp3) is 0.667. The average Bonchev–Trinajstić information content (AvgIpc) is 2.66. The van der Waals surface area contributed by atoms with Crippen LogP contribution in [0.1, 0.15) is 43.7 Å². The van der Waals surface area contributed by atoms with E-state index in [9.17, 15) is 9.90 Å². The van der Waals surface area contributed by atoms with Crippen LogP contribution < -0.4 is 0 Å². The summed E-state index contributed by atoms with van der Waals surface area (Å²) >= 11 is 1.62. The van der Waals surface area contributed by atoms with Crippen LogP contribution in [0, 0.1) is 12.3 Å². The lowest BCUT2D eigenvalue weighted by molar-refractivity contribution is -0.149. The number of carboxylic acids is 1. The lowest BCUT2D eigenvalue weighted by Gasteiger charge is -2.26. The van der Waals surface area contributed by atoms with Crippen LogP contribution >= 0.6 is 11.3 Å². The quantitative estimate of drug-likeness (QED) is 0.831. The highest BCUT2D eigenvalue weighted by molar-refractivity contribution is 7.09. The first-order chi connectivity index (χ1) is 7.55. The SMILES string of the molecule is CCC(CC)(CCc1scnc1C)C(=O)O. The highest BCUT2D eigenvalue weighted by Crippen LogP contribution is 2.33. The zero-order chi connectivity index (χ0) is 12.2. The minimum absolute atomic E-state index is 0.559. The summed E-state index contributed by atoms with van der Waals surface area (Å²) in [5.74, 6) is -0.667. The van der Waals surface area contributed by atoms with Crippen LogP contribution in [-0.2, 0) is 11.2 Å². The maximum atomic E-state index is 11.3. The van der Waals surface area contributed by atoms with E-state index < -0.39 is 11.4 Å². The van der Waals surface area contributed by atoms with E-state index >= 15 is 0 Å². The Kier molecular flexibility index (Phi) is 4.47. The van der Waals surface area contributed by atoms with Crippen molar-refractivity contribution in [1.82, 2.24) is 4.98 Å². The van der Waals surface area contributed by atoms with Gasteiger partial charge in [0.1, 0.15) is 0 Å². The minimum Gasteiger partial charge on any atom is -0.481 e. The topological polar surface area (TPSA) is 50.2 Å². The number of carbonyl (C=O) groups is 1. The Labute approximate surface area is 101 Å². The van der Waals surface area contributed by atoms with E-state index in [1.54, 1.807) is 11.3 Å². The molecule has 3 nitrogen and oxygen atoms in total. The molecule has 1 aromatic heterocycles. The van der Waals surface area contributed by atoms with E-state index in [1.165, 1.54) is 4.88 Å². The zero-order valence-corrected chi connectivity index (χ0v) is 10.9. The molecule has 0 saturated heterocycles. The van der Waals surface area contributed by atoms with Gasteiger partial charge in [-0.1, -0.05) is 13.8 Å². The predicted octanol–water partition coefficient (Wildman–Crippen LogP) is 3.28. The number of hydrogen-bond acceptors (Lipinski definition) is 3. The number of aromatic nitrogens is 1. The molecule has 0 unspecified atom stereocenters. The van der Waals surface area contributed by atoms with Gasteiger partial charge in [0.05, 0.1) is 16.6 Å². The highest BCUT2D eigenvalue weighted by Gasteiger charge is 2.34. The Hall–Kier alpha value is -0.900. The Bertz CT molecular complexity index is 356. The van der Waals surface area contributed by atoms with Crippen molar-refractivity contribution in [2.45, 2.75) is 46.5 Å². The van der Waals surface area contributed by atoms with Gasteiger partial charge in [-0.2, -0.15) is 0 Å². The van der Waals surface area contributed by atoms with Crippen molar-refractivity contribution < 1.29 is 9.90 Å². The molecule has 0 atom stereocenters. The van der Waals surface area contributed by atoms with Crippen LogP contribution in [0.3, 0.4) is 0 Å². The summed E-state index contributed by atoms with van der Waals surface area (Å²) in [5, 5.41) is 9.31. The van der Waals surface area contributed by atoms with Crippen molar-refractivity contribution >= 4 is 17.3 Å². The first-order valence-electron chi connectivity index (χ1n) is 5.68. The molecule has 1 N–H and O–H groups in total. The van der Waals surface area contributed by atoms with Gasteiger partial charge < -0.3 is 5.11 Å². The second-order valence-corrected chi connectivity index (χ2v) is 5.09. The van der Waals surface area contributed by atoms with Gasteiger partial charge in [0.2, 0.25) is 0 Å². The Morgan fingerprint density at radius 1 is 1.50 bits per heavy atom. The molecule has 1 aromatic rings. The summed E-state index contributed by atoms with van der Waals surface area (Å²) in [6, 6.07) is 0. The first-order valence-corrected chi connectivity index (χ1v) is 6.56. The summed E-state index contributed by atoms with van der Waals surface area (Å²) in [7, 11) is 0. The smallest absolute Gasteiger partial charge is 0.309 e. The molecular formula is C12H19NO2S. The fourth-order valence-electron chi connectivity index (χ4n) is 1.93. The van der Waals surface area contributed by atoms with Crippen molar-refractivity contribution in [3.05, 3.63) is 16.1 Å². The molecule has 0 saturated carbocycles. The third-order valence-corrected chi connectivity index (χ3v) is 4.48. The normalized spacial score (nSPS) is 11.7. The van der Waals surface area contributed by atoms with E-state index in [0.717, 1.165) is 12.1 Å². The Balaban J connectivity index is 2.71. The van der Waals surface area contributed by atoms with E-state index in [4.69, 9.17) is 0 Å². The van der Waals surface area contributed by atoms with Crippen molar-refractivity contribution in [3.8, 4) is 0 Å². The third kappa shape index (κ3) is 2.61. The predicted molar refractivity (Wildman–Crippen MR) is 65.8 cm³/mol. The highest BCUT2D eigenvalue weighted by atomic mass is 32.1. The van der Waals surface area contributed by atoms with Crippen LogP contribution in [0.2, 0.25) is 0 Å². The van der Waals surface area contributed by atoms with E-state index in [0.29, 0.717) is 19.3 Å². The number of hydrogen-bond donors (Lipinski definition) is 1. The molecule has 0 radical (unpaired) electrons. The Morgan fingerprint density at radius 3 is 2.50 bits per heavy atom. The molecule has 16 heavy (non-hydrogen) atoms. The first kappa shape index (κ1) is 13.2. The van der Waals surface area contributed by atoms with Crippen LogP contribution in [0.4, 0.5) is 0 Å². The number of aliphatic carboxylic acids is 1. The van der Waals surface area contributed by atoms with Gasteiger partial charge in [-0.15, -0.1) is 11.3 Å². The Morgan fingerprint density at radius 2 is 2.12 bits per heavy atom. The largest absolute Gasteiger partial charge is 0.481 e. The molecule has 1 heterocycles. The monoisotopic (exact) mass is 241 g/mol.